The van der Waals surface area contributed by atoms with E-state index in [4.69, 9.17) is 16.3 Å². The van der Waals surface area contributed by atoms with Gasteiger partial charge in [0.2, 0.25) is 0 Å². The van der Waals surface area contributed by atoms with E-state index in [0.717, 1.165) is 16.7 Å². The van der Waals surface area contributed by atoms with Crippen LogP contribution in [0.3, 0.4) is 0 Å². The number of carbonyl (C=O) groups is 1. The SMILES string of the molecule is CC(C)Oc1ccc2[nH]cc(C(=O)CCCl)c2c1. The molecular weight excluding hydrogens is 250 g/mol. The fourth-order valence-corrected chi connectivity index (χ4v) is 2.07. The molecule has 0 saturated carbocycles. The minimum absolute atomic E-state index is 0.0537. The third-order valence-electron chi connectivity index (χ3n) is 2.65. The highest BCUT2D eigenvalue weighted by Crippen LogP contribution is 2.25. The van der Waals surface area contributed by atoms with Gasteiger partial charge >= 0.3 is 0 Å². The van der Waals surface area contributed by atoms with Crippen LogP contribution in [0.25, 0.3) is 10.9 Å². The summed E-state index contributed by atoms with van der Waals surface area (Å²) in [4.78, 5) is 15.0. The van der Waals surface area contributed by atoms with Gasteiger partial charge in [-0.05, 0) is 32.0 Å². The molecule has 0 fully saturated rings. The van der Waals surface area contributed by atoms with E-state index < -0.39 is 0 Å². The predicted octanol–water partition coefficient (Wildman–Crippen LogP) is 3.77. The number of ether oxygens (including phenoxy) is 1. The van der Waals surface area contributed by atoms with E-state index in [1.54, 1.807) is 6.20 Å². The van der Waals surface area contributed by atoms with Crippen molar-refractivity contribution in [2.24, 2.45) is 0 Å². The van der Waals surface area contributed by atoms with Crippen LogP contribution in [0.4, 0.5) is 0 Å². The number of hydrogen-bond donors (Lipinski definition) is 1. The highest BCUT2D eigenvalue weighted by molar-refractivity contribution is 6.20. The molecule has 2 aromatic rings. The van der Waals surface area contributed by atoms with Crippen molar-refractivity contribution < 1.29 is 9.53 Å². The summed E-state index contributed by atoms with van der Waals surface area (Å²) in [5.74, 6) is 1.17. The zero-order valence-electron chi connectivity index (χ0n) is 10.5. The highest BCUT2D eigenvalue weighted by atomic mass is 35.5. The summed E-state index contributed by atoms with van der Waals surface area (Å²) in [5.41, 5.74) is 1.61. The summed E-state index contributed by atoms with van der Waals surface area (Å²) < 4.78 is 5.64. The van der Waals surface area contributed by atoms with Crippen molar-refractivity contribution in [3.8, 4) is 5.75 Å². The van der Waals surface area contributed by atoms with Crippen LogP contribution in [0.5, 0.6) is 5.75 Å². The van der Waals surface area contributed by atoms with Crippen LogP contribution in [-0.2, 0) is 0 Å². The lowest BCUT2D eigenvalue weighted by Crippen LogP contribution is -2.05. The molecular formula is C14H16ClNO2. The number of benzene rings is 1. The van der Waals surface area contributed by atoms with Crippen molar-refractivity contribution in [2.75, 3.05) is 5.88 Å². The van der Waals surface area contributed by atoms with Gasteiger partial charge in [-0.2, -0.15) is 0 Å². The maximum atomic E-state index is 11.9. The molecule has 0 aliphatic rings. The number of aromatic amines is 1. The van der Waals surface area contributed by atoms with Crippen molar-refractivity contribution in [3.05, 3.63) is 30.0 Å². The van der Waals surface area contributed by atoms with E-state index in [2.05, 4.69) is 4.98 Å². The topological polar surface area (TPSA) is 42.1 Å². The second kappa shape index (κ2) is 5.44. The second-order valence-corrected chi connectivity index (χ2v) is 4.82. The van der Waals surface area contributed by atoms with E-state index in [1.807, 2.05) is 32.0 Å². The lowest BCUT2D eigenvalue weighted by Gasteiger charge is -2.09. The first-order valence-corrected chi connectivity index (χ1v) is 6.52. The lowest BCUT2D eigenvalue weighted by molar-refractivity contribution is 0.0991. The van der Waals surface area contributed by atoms with Gasteiger partial charge in [-0.25, -0.2) is 0 Å². The summed E-state index contributed by atoms with van der Waals surface area (Å²) >= 11 is 5.61. The van der Waals surface area contributed by atoms with Gasteiger partial charge in [-0.15, -0.1) is 11.6 Å². The first-order chi connectivity index (χ1) is 8.61. The Morgan fingerprint density at radius 2 is 2.22 bits per heavy atom. The predicted molar refractivity (Wildman–Crippen MR) is 73.7 cm³/mol. The number of fused-ring (bicyclic) bond motifs is 1. The van der Waals surface area contributed by atoms with Crippen LogP contribution < -0.4 is 4.74 Å². The van der Waals surface area contributed by atoms with E-state index >= 15 is 0 Å². The molecule has 0 atom stereocenters. The molecule has 0 unspecified atom stereocenters. The summed E-state index contributed by atoms with van der Waals surface area (Å²) in [6, 6.07) is 5.71. The van der Waals surface area contributed by atoms with Crippen molar-refractivity contribution >= 4 is 28.3 Å². The fraction of sp³-hybridized carbons (Fsp3) is 0.357. The summed E-state index contributed by atoms with van der Waals surface area (Å²) in [7, 11) is 0. The largest absolute Gasteiger partial charge is 0.491 e. The smallest absolute Gasteiger partial charge is 0.166 e. The average Bonchev–Trinajstić information content (AvgIpc) is 2.71. The molecule has 4 heteroatoms. The van der Waals surface area contributed by atoms with Crippen molar-refractivity contribution in [2.45, 2.75) is 26.4 Å². The maximum Gasteiger partial charge on any atom is 0.166 e. The van der Waals surface area contributed by atoms with Crippen LogP contribution in [0.2, 0.25) is 0 Å². The average molecular weight is 266 g/mol. The molecule has 0 aliphatic heterocycles. The minimum atomic E-state index is 0.0537. The molecule has 2 rings (SSSR count). The van der Waals surface area contributed by atoms with Gasteiger partial charge in [0, 0.05) is 35.0 Å². The van der Waals surface area contributed by atoms with Gasteiger partial charge < -0.3 is 9.72 Å². The Morgan fingerprint density at radius 1 is 1.44 bits per heavy atom. The molecule has 1 N–H and O–H groups in total. The number of nitrogens with one attached hydrogen (secondary N) is 1. The zero-order valence-corrected chi connectivity index (χ0v) is 11.3. The maximum absolute atomic E-state index is 11.9. The number of H-pyrrole nitrogens is 1. The van der Waals surface area contributed by atoms with Crippen LogP contribution in [0.1, 0.15) is 30.6 Å². The Balaban J connectivity index is 2.40. The van der Waals surface area contributed by atoms with Crippen LogP contribution >= 0.6 is 11.6 Å². The number of carbonyl (C=O) groups excluding carboxylic acids is 1. The number of aromatic nitrogens is 1. The fourth-order valence-electron chi connectivity index (χ4n) is 1.90. The van der Waals surface area contributed by atoms with Gasteiger partial charge in [0.05, 0.1) is 6.10 Å². The third-order valence-corrected chi connectivity index (χ3v) is 2.84. The van der Waals surface area contributed by atoms with Gasteiger partial charge in [0.1, 0.15) is 5.75 Å². The number of rotatable bonds is 5. The van der Waals surface area contributed by atoms with E-state index in [9.17, 15) is 4.79 Å². The molecule has 0 bridgehead atoms. The van der Waals surface area contributed by atoms with Crippen LogP contribution in [0, 0.1) is 0 Å². The Kier molecular flexibility index (Phi) is 3.92. The summed E-state index contributed by atoms with van der Waals surface area (Å²) in [6.07, 6.45) is 2.20. The first kappa shape index (κ1) is 13.0. The van der Waals surface area contributed by atoms with Gasteiger partial charge in [-0.1, -0.05) is 0 Å². The molecule has 0 radical (unpaired) electrons. The standard InChI is InChI=1S/C14H16ClNO2/c1-9(2)18-10-3-4-13-11(7-10)12(8-16-13)14(17)5-6-15/h3-4,7-9,16H,5-6H2,1-2H3. The zero-order chi connectivity index (χ0) is 13.1. The Hall–Kier alpha value is -1.48. The number of alkyl halides is 1. The van der Waals surface area contributed by atoms with Gasteiger partial charge in [0.15, 0.2) is 5.78 Å². The lowest BCUT2D eigenvalue weighted by atomic mass is 10.1. The molecule has 18 heavy (non-hydrogen) atoms. The second-order valence-electron chi connectivity index (χ2n) is 4.44. The Morgan fingerprint density at radius 3 is 2.89 bits per heavy atom. The minimum Gasteiger partial charge on any atom is -0.491 e. The molecule has 1 aromatic heterocycles. The first-order valence-electron chi connectivity index (χ1n) is 5.98. The molecule has 1 heterocycles. The third kappa shape index (κ3) is 2.67. The molecule has 0 amide bonds. The molecule has 0 aliphatic carbocycles. The normalized spacial score (nSPS) is 11.1. The molecule has 96 valence electrons. The van der Waals surface area contributed by atoms with Crippen LogP contribution in [0.15, 0.2) is 24.4 Å². The Labute approximate surface area is 111 Å². The molecule has 3 nitrogen and oxygen atoms in total. The number of Topliss-reactive ketones (excluding diaryl/α,β-unsaturated/α-hetero) is 1. The van der Waals surface area contributed by atoms with E-state index in [0.29, 0.717) is 17.9 Å². The van der Waals surface area contributed by atoms with Crippen molar-refractivity contribution in [1.29, 1.82) is 0 Å². The number of hydrogen-bond acceptors (Lipinski definition) is 2. The van der Waals surface area contributed by atoms with E-state index in [1.165, 1.54) is 0 Å². The number of ketones is 1. The van der Waals surface area contributed by atoms with Gasteiger partial charge in [0.25, 0.3) is 0 Å². The van der Waals surface area contributed by atoms with E-state index in [-0.39, 0.29) is 11.9 Å². The number of halogens is 1. The quantitative estimate of drug-likeness (QED) is 0.661. The van der Waals surface area contributed by atoms with Gasteiger partial charge in [-0.3, -0.25) is 4.79 Å². The van der Waals surface area contributed by atoms with Crippen LogP contribution in [-0.4, -0.2) is 22.8 Å². The Bertz CT molecular complexity index is 560. The molecule has 0 spiro atoms. The summed E-state index contributed by atoms with van der Waals surface area (Å²) in [5, 5.41) is 0.892. The van der Waals surface area contributed by atoms with Crippen molar-refractivity contribution in [1.82, 2.24) is 4.98 Å². The monoisotopic (exact) mass is 265 g/mol. The summed E-state index contributed by atoms with van der Waals surface area (Å²) in [6.45, 7) is 3.95. The van der Waals surface area contributed by atoms with Crippen molar-refractivity contribution in [3.63, 3.8) is 0 Å². The molecule has 1 aromatic carbocycles. The highest BCUT2D eigenvalue weighted by Gasteiger charge is 2.12. The molecule has 0 saturated heterocycles.